The first-order valence-corrected chi connectivity index (χ1v) is 5.81. The Morgan fingerprint density at radius 2 is 2.17 bits per heavy atom. The first-order chi connectivity index (χ1) is 8.47. The fraction of sp³-hybridized carbons (Fsp3) is 0.231. The maximum atomic E-state index is 11.3. The second-order valence-corrected chi connectivity index (χ2v) is 4.35. The van der Waals surface area contributed by atoms with Gasteiger partial charge in [-0.15, -0.1) is 0 Å². The van der Waals surface area contributed by atoms with Gasteiger partial charge in [0.15, 0.2) is 0 Å². The van der Waals surface area contributed by atoms with Gasteiger partial charge < -0.3 is 10.4 Å². The molecule has 0 fully saturated rings. The van der Waals surface area contributed by atoms with Gasteiger partial charge in [-0.2, -0.15) is 0 Å². The molecule has 0 spiro atoms. The largest absolute Gasteiger partial charge is 0.478 e. The van der Waals surface area contributed by atoms with Crippen molar-refractivity contribution in [1.82, 2.24) is 5.32 Å². The second kappa shape index (κ2) is 6.81. The third-order valence-corrected chi connectivity index (χ3v) is 2.43. The highest BCUT2D eigenvalue weighted by Gasteiger charge is 2.06. The van der Waals surface area contributed by atoms with Crippen molar-refractivity contribution >= 4 is 23.5 Å². The van der Waals surface area contributed by atoms with Gasteiger partial charge in [0.05, 0.1) is 0 Å². The topological polar surface area (TPSA) is 66.4 Å². The highest BCUT2D eigenvalue weighted by Crippen LogP contribution is 2.12. The summed E-state index contributed by atoms with van der Waals surface area (Å²) in [6.45, 7) is 1.84. The Bertz CT molecular complexity index is 471. The number of carbonyl (C=O) groups excluding carboxylic acids is 1. The standard InChI is InChI=1S/C13H14ClNO3/c1-9(15-12(16)5-6-13(17)18)7-10-3-2-4-11(14)8-10/h2-6,8-9H,7H2,1H3,(H,15,16)(H,17,18)/b6-5+. The van der Waals surface area contributed by atoms with Crippen LogP contribution in [0.4, 0.5) is 0 Å². The summed E-state index contributed by atoms with van der Waals surface area (Å²) in [5.74, 6) is -1.57. The summed E-state index contributed by atoms with van der Waals surface area (Å²) in [6, 6.07) is 7.27. The molecular formula is C13H14ClNO3. The summed E-state index contributed by atoms with van der Waals surface area (Å²) in [7, 11) is 0. The minimum Gasteiger partial charge on any atom is -0.478 e. The normalized spacial score (nSPS) is 12.3. The zero-order chi connectivity index (χ0) is 13.5. The summed E-state index contributed by atoms with van der Waals surface area (Å²) in [4.78, 5) is 21.6. The van der Waals surface area contributed by atoms with Crippen LogP contribution in [0.15, 0.2) is 36.4 Å². The molecule has 1 unspecified atom stereocenters. The van der Waals surface area contributed by atoms with Crippen LogP contribution in [-0.4, -0.2) is 23.0 Å². The van der Waals surface area contributed by atoms with E-state index in [1.807, 2.05) is 25.1 Å². The van der Waals surface area contributed by atoms with Crippen molar-refractivity contribution in [3.05, 3.63) is 47.0 Å². The van der Waals surface area contributed by atoms with E-state index in [1.54, 1.807) is 6.07 Å². The smallest absolute Gasteiger partial charge is 0.328 e. The molecule has 1 aromatic carbocycles. The molecule has 1 rings (SSSR count). The van der Waals surface area contributed by atoms with Crippen LogP contribution in [0.2, 0.25) is 5.02 Å². The van der Waals surface area contributed by atoms with Crippen molar-refractivity contribution in [1.29, 1.82) is 0 Å². The van der Waals surface area contributed by atoms with Gasteiger partial charge >= 0.3 is 5.97 Å². The lowest BCUT2D eigenvalue weighted by Gasteiger charge is -2.12. The van der Waals surface area contributed by atoms with Gasteiger partial charge in [-0.1, -0.05) is 23.7 Å². The van der Waals surface area contributed by atoms with Crippen LogP contribution in [0.3, 0.4) is 0 Å². The van der Waals surface area contributed by atoms with Crippen molar-refractivity contribution in [2.45, 2.75) is 19.4 Å². The monoisotopic (exact) mass is 267 g/mol. The fourth-order valence-corrected chi connectivity index (χ4v) is 1.72. The molecule has 0 bridgehead atoms. The van der Waals surface area contributed by atoms with Crippen LogP contribution in [0.5, 0.6) is 0 Å². The third kappa shape index (κ3) is 5.50. The van der Waals surface area contributed by atoms with E-state index < -0.39 is 11.9 Å². The van der Waals surface area contributed by atoms with E-state index in [-0.39, 0.29) is 6.04 Å². The maximum absolute atomic E-state index is 11.3. The number of hydrogen-bond donors (Lipinski definition) is 2. The zero-order valence-electron chi connectivity index (χ0n) is 9.89. The summed E-state index contributed by atoms with van der Waals surface area (Å²) >= 11 is 5.85. The molecule has 4 nitrogen and oxygen atoms in total. The quantitative estimate of drug-likeness (QED) is 0.802. The minimum absolute atomic E-state index is 0.102. The molecule has 0 heterocycles. The SMILES string of the molecule is CC(Cc1cccc(Cl)c1)NC(=O)/C=C/C(=O)O. The third-order valence-electron chi connectivity index (χ3n) is 2.20. The van der Waals surface area contributed by atoms with Crippen LogP contribution in [0.25, 0.3) is 0 Å². The average Bonchev–Trinajstić information content (AvgIpc) is 2.26. The summed E-state index contributed by atoms with van der Waals surface area (Å²) in [5, 5.41) is 11.7. The maximum Gasteiger partial charge on any atom is 0.328 e. The zero-order valence-corrected chi connectivity index (χ0v) is 10.6. The second-order valence-electron chi connectivity index (χ2n) is 3.92. The van der Waals surface area contributed by atoms with Gasteiger partial charge in [0.2, 0.25) is 5.91 Å². The molecule has 0 saturated carbocycles. The van der Waals surface area contributed by atoms with Gasteiger partial charge in [0.1, 0.15) is 0 Å². The van der Waals surface area contributed by atoms with E-state index in [0.29, 0.717) is 11.4 Å². The number of hydrogen-bond acceptors (Lipinski definition) is 2. The van der Waals surface area contributed by atoms with Crippen LogP contribution >= 0.6 is 11.6 Å². The average molecular weight is 268 g/mol. The number of benzene rings is 1. The van der Waals surface area contributed by atoms with Crippen LogP contribution in [0.1, 0.15) is 12.5 Å². The lowest BCUT2D eigenvalue weighted by atomic mass is 10.1. The number of carboxylic acids is 1. The first-order valence-electron chi connectivity index (χ1n) is 5.43. The molecule has 0 aliphatic heterocycles. The molecule has 0 aliphatic carbocycles. The van der Waals surface area contributed by atoms with Crippen molar-refractivity contribution < 1.29 is 14.7 Å². The van der Waals surface area contributed by atoms with Gasteiger partial charge in [-0.05, 0) is 31.0 Å². The van der Waals surface area contributed by atoms with Gasteiger partial charge in [0, 0.05) is 23.2 Å². The molecule has 0 radical (unpaired) electrons. The molecular weight excluding hydrogens is 254 g/mol. The Morgan fingerprint density at radius 1 is 1.44 bits per heavy atom. The van der Waals surface area contributed by atoms with Crippen molar-refractivity contribution in [3.63, 3.8) is 0 Å². The van der Waals surface area contributed by atoms with Crippen molar-refractivity contribution in [2.24, 2.45) is 0 Å². The number of carbonyl (C=O) groups is 2. The number of carboxylic acid groups (broad SMARTS) is 1. The van der Waals surface area contributed by atoms with Crippen LogP contribution < -0.4 is 5.32 Å². The first kappa shape index (κ1) is 14.3. The highest BCUT2D eigenvalue weighted by atomic mass is 35.5. The summed E-state index contributed by atoms with van der Waals surface area (Å²) in [5.41, 5.74) is 1.01. The molecule has 5 heteroatoms. The lowest BCUT2D eigenvalue weighted by molar-refractivity contribution is -0.131. The van der Waals surface area contributed by atoms with Crippen LogP contribution in [-0.2, 0) is 16.0 Å². The molecule has 1 atom stereocenters. The van der Waals surface area contributed by atoms with Crippen molar-refractivity contribution in [3.8, 4) is 0 Å². The number of rotatable bonds is 5. The Hall–Kier alpha value is -1.81. The van der Waals surface area contributed by atoms with Gasteiger partial charge in [-0.25, -0.2) is 4.79 Å². The van der Waals surface area contributed by atoms with Gasteiger partial charge in [-0.3, -0.25) is 4.79 Å². The minimum atomic E-state index is -1.15. The Balaban J connectivity index is 2.49. The number of nitrogens with one attached hydrogen (secondary N) is 1. The van der Waals surface area contributed by atoms with Crippen LogP contribution in [0, 0.1) is 0 Å². The Labute approximate surface area is 110 Å². The van der Waals surface area contributed by atoms with E-state index >= 15 is 0 Å². The van der Waals surface area contributed by atoms with Gasteiger partial charge in [0.25, 0.3) is 0 Å². The summed E-state index contributed by atoms with van der Waals surface area (Å²) < 4.78 is 0. The highest BCUT2D eigenvalue weighted by molar-refractivity contribution is 6.30. The Kier molecular flexibility index (Phi) is 5.39. The van der Waals surface area contributed by atoms with Crippen molar-refractivity contribution in [2.75, 3.05) is 0 Å². The number of amides is 1. The molecule has 96 valence electrons. The molecule has 1 aromatic rings. The van der Waals surface area contributed by atoms with E-state index in [2.05, 4.69) is 5.32 Å². The number of aliphatic carboxylic acids is 1. The van der Waals surface area contributed by atoms with E-state index in [9.17, 15) is 9.59 Å². The molecule has 2 N–H and O–H groups in total. The molecule has 1 amide bonds. The molecule has 0 aliphatic rings. The molecule has 0 saturated heterocycles. The summed E-state index contributed by atoms with van der Waals surface area (Å²) in [6.07, 6.45) is 2.44. The fourth-order valence-electron chi connectivity index (χ4n) is 1.51. The van der Waals surface area contributed by atoms with E-state index in [4.69, 9.17) is 16.7 Å². The Morgan fingerprint density at radius 3 is 2.78 bits per heavy atom. The predicted molar refractivity (Wildman–Crippen MR) is 69.5 cm³/mol. The molecule has 0 aromatic heterocycles. The number of halogens is 1. The van der Waals surface area contributed by atoms with E-state index in [0.717, 1.165) is 17.7 Å². The lowest BCUT2D eigenvalue weighted by Crippen LogP contribution is -2.32. The predicted octanol–water partition coefficient (Wildman–Crippen LogP) is 2.03. The van der Waals surface area contributed by atoms with E-state index in [1.165, 1.54) is 0 Å². The molecule has 18 heavy (non-hydrogen) atoms.